The number of aromatic nitrogens is 8. The summed E-state index contributed by atoms with van der Waals surface area (Å²) in [6.45, 7) is 22.2. The van der Waals surface area contributed by atoms with Gasteiger partial charge >= 0.3 is 0 Å². The summed E-state index contributed by atoms with van der Waals surface area (Å²) in [5.41, 5.74) is 10.3. The molecule has 0 aliphatic heterocycles. The van der Waals surface area contributed by atoms with Crippen LogP contribution in [0.15, 0.2) is 36.4 Å². The van der Waals surface area contributed by atoms with E-state index in [4.69, 9.17) is 15.9 Å². The Balaban J connectivity index is 1.78. The van der Waals surface area contributed by atoms with Crippen molar-refractivity contribution in [1.29, 1.82) is 0 Å². The van der Waals surface area contributed by atoms with Gasteiger partial charge in [-0.1, -0.05) is 237 Å². The van der Waals surface area contributed by atoms with Crippen LogP contribution in [0.5, 0.6) is 0 Å². The Hall–Kier alpha value is -4.04. The lowest BCUT2D eigenvalue weighted by Gasteiger charge is -2.38. The first-order chi connectivity index (χ1) is 32.6. The van der Waals surface area contributed by atoms with Gasteiger partial charge in [0, 0.05) is 11.4 Å². The van der Waals surface area contributed by atoms with Gasteiger partial charge in [0.25, 0.3) is 11.8 Å². The number of unbranched alkanes of at least 4 members (excludes halogenated alkanes) is 18. The number of nitrogens with zero attached hydrogens (tertiary/aromatic N) is 8. The van der Waals surface area contributed by atoms with Gasteiger partial charge in [-0.3, -0.25) is 9.59 Å². The standard InChI is InChI=1S/C54H88BrN11O2/c1-11-13-15-17-19-21-23-25-27-29-37-65-61-49(59-63-65)53(55,51(67)57-47-43(39(3)4)33-31-34-44(47)40(5)6)54(56,52(68)58-48-45(41(7)8)35-32-36-46(48)42(9)10)50-60-64-66(62-50)38-30-28-26-24-22-20-18-16-14-12-2/h31-36,39-42H,11-30,37-38,56H2,1-10H3,(H,57,67)(H,58,68). The first kappa shape index (κ1) is 56.5. The summed E-state index contributed by atoms with van der Waals surface area (Å²) in [7, 11) is 0. The molecule has 0 saturated carbocycles. The van der Waals surface area contributed by atoms with Gasteiger partial charge in [0.1, 0.15) is 0 Å². The van der Waals surface area contributed by atoms with E-state index in [1.807, 2.05) is 36.4 Å². The van der Waals surface area contributed by atoms with Crippen molar-refractivity contribution in [3.63, 3.8) is 0 Å². The third-order valence-electron chi connectivity index (χ3n) is 13.4. The number of anilines is 2. The third kappa shape index (κ3) is 15.2. The van der Waals surface area contributed by atoms with E-state index in [9.17, 15) is 0 Å². The fourth-order valence-corrected chi connectivity index (χ4v) is 9.74. The van der Waals surface area contributed by atoms with Gasteiger partial charge in [-0.25, -0.2) is 0 Å². The number of aryl methyl sites for hydroxylation is 2. The molecule has 0 spiro atoms. The first-order valence-electron chi connectivity index (χ1n) is 26.5. The quantitative estimate of drug-likeness (QED) is 0.0310. The SMILES string of the molecule is CCCCCCCCCCCCn1nnc(C(N)(C(=O)Nc2c(C(C)C)cccc2C(C)C)C(Br)(C(=O)Nc2c(C(C)C)cccc2C(C)C)c2nnn(CCCCCCCCCCCC)n2)n1. The predicted octanol–water partition coefficient (Wildman–Crippen LogP) is 13.7. The van der Waals surface area contributed by atoms with Crippen LogP contribution in [-0.4, -0.2) is 52.2 Å². The maximum absolute atomic E-state index is 15.7. The van der Waals surface area contributed by atoms with Crippen LogP contribution in [0, 0.1) is 0 Å². The number of hydrogen-bond donors (Lipinski definition) is 3. The molecule has 14 heteroatoms. The highest BCUT2D eigenvalue weighted by atomic mass is 79.9. The second-order valence-electron chi connectivity index (χ2n) is 20.4. The van der Waals surface area contributed by atoms with Crippen LogP contribution < -0.4 is 16.4 Å². The number of benzene rings is 2. The fraction of sp³-hybridized carbons (Fsp3) is 0.704. The summed E-state index contributed by atoms with van der Waals surface area (Å²) in [6, 6.07) is 12.1. The van der Waals surface area contributed by atoms with Crippen LogP contribution in [0.25, 0.3) is 0 Å². The van der Waals surface area contributed by atoms with Gasteiger partial charge in [-0.15, -0.1) is 20.4 Å². The maximum atomic E-state index is 15.7. The zero-order chi connectivity index (χ0) is 49.7. The van der Waals surface area contributed by atoms with E-state index in [0.717, 1.165) is 60.8 Å². The Morgan fingerprint density at radius 2 is 0.824 bits per heavy atom. The predicted molar refractivity (Wildman–Crippen MR) is 282 cm³/mol. The van der Waals surface area contributed by atoms with Gasteiger partial charge in [0.05, 0.1) is 13.1 Å². The van der Waals surface area contributed by atoms with E-state index in [-0.39, 0.29) is 35.3 Å². The Labute approximate surface area is 418 Å². The molecule has 2 aromatic carbocycles. The normalized spacial score (nSPS) is 13.7. The number of hydrogen-bond acceptors (Lipinski definition) is 9. The lowest BCUT2D eigenvalue weighted by Crippen LogP contribution is -2.65. The summed E-state index contributed by atoms with van der Waals surface area (Å²) in [5.74, 6) is -1.36. The van der Waals surface area contributed by atoms with Crippen molar-refractivity contribution in [2.24, 2.45) is 5.73 Å². The van der Waals surface area contributed by atoms with E-state index in [2.05, 4.69) is 116 Å². The highest BCUT2D eigenvalue weighted by Gasteiger charge is 2.65. The van der Waals surface area contributed by atoms with Crippen LogP contribution >= 0.6 is 15.9 Å². The lowest BCUT2D eigenvalue weighted by molar-refractivity contribution is -0.130. The topological polar surface area (TPSA) is 171 Å². The van der Waals surface area contributed by atoms with E-state index < -0.39 is 21.7 Å². The first-order valence-corrected chi connectivity index (χ1v) is 27.3. The molecule has 0 bridgehead atoms. The highest BCUT2D eigenvalue weighted by Crippen LogP contribution is 2.47. The number of rotatable bonds is 33. The van der Waals surface area contributed by atoms with Crippen LogP contribution in [0.3, 0.4) is 0 Å². The Kier molecular flexibility index (Phi) is 23.8. The summed E-state index contributed by atoms with van der Waals surface area (Å²) >= 11 is 3.88. The molecule has 13 nitrogen and oxygen atoms in total. The molecule has 2 atom stereocenters. The molecule has 0 aliphatic carbocycles. The van der Waals surface area contributed by atoms with Gasteiger partial charge < -0.3 is 16.4 Å². The minimum absolute atomic E-state index is 0.0580. The number of carbonyl (C=O) groups excluding carboxylic acids is 2. The number of para-hydroxylation sites is 2. The molecular formula is C54H88BrN11O2. The van der Waals surface area contributed by atoms with Crippen molar-refractivity contribution in [3.8, 4) is 0 Å². The molecular weight excluding hydrogens is 915 g/mol. The molecule has 4 rings (SSSR count). The second kappa shape index (κ2) is 28.6. The Morgan fingerprint density at radius 3 is 1.18 bits per heavy atom. The van der Waals surface area contributed by atoms with E-state index in [1.165, 1.54) is 99.5 Å². The zero-order valence-corrected chi connectivity index (χ0v) is 45.3. The molecule has 2 heterocycles. The van der Waals surface area contributed by atoms with Crippen molar-refractivity contribution >= 4 is 39.1 Å². The van der Waals surface area contributed by atoms with Gasteiger partial charge in [-0.05, 0) is 69.2 Å². The lowest BCUT2D eigenvalue weighted by atomic mass is 9.80. The number of halogens is 1. The molecule has 68 heavy (non-hydrogen) atoms. The van der Waals surface area contributed by atoms with Crippen molar-refractivity contribution in [2.75, 3.05) is 10.6 Å². The molecule has 2 unspecified atom stereocenters. The van der Waals surface area contributed by atoms with Gasteiger partial charge in [-0.2, -0.15) is 9.59 Å². The number of tetrazole rings is 2. The molecule has 4 aromatic rings. The van der Waals surface area contributed by atoms with Crippen molar-refractivity contribution < 1.29 is 9.59 Å². The summed E-state index contributed by atoms with van der Waals surface area (Å²) in [5, 5.41) is 34.2. The van der Waals surface area contributed by atoms with E-state index in [0.29, 0.717) is 24.5 Å². The number of carbonyl (C=O) groups is 2. The smallest absolute Gasteiger partial charge is 0.255 e. The second-order valence-corrected chi connectivity index (χ2v) is 21.6. The van der Waals surface area contributed by atoms with Gasteiger partial charge in [0.15, 0.2) is 5.54 Å². The summed E-state index contributed by atoms with van der Waals surface area (Å²) in [6.07, 6.45) is 23.7. The van der Waals surface area contributed by atoms with Crippen molar-refractivity contribution in [1.82, 2.24) is 40.4 Å². The molecule has 378 valence electrons. The van der Waals surface area contributed by atoms with Crippen molar-refractivity contribution in [3.05, 3.63) is 70.3 Å². The number of amides is 2. The molecule has 2 aromatic heterocycles. The Bertz CT molecular complexity index is 1910. The average Bonchev–Trinajstić information content (AvgIpc) is 4.00. The molecule has 0 fully saturated rings. The average molecular weight is 1000 g/mol. The minimum Gasteiger partial charge on any atom is -0.324 e. The van der Waals surface area contributed by atoms with E-state index in [1.54, 1.807) is 0 Å². The zero-order valence-electron chi connectivity index (χ0n) is 43.7. The maximum Gasteiger partial charge on any atom is 0.255 e. The summed E-state index contributed by atoms with van der Waals surface area (Å²) < 4.78 is -2.20. The molecule has 4 N–H and O–H groups in total. The molecule has 0 saturated heterocycles. The summed E-state index contributed by atoms with van der Waals surface area (Å²) in [4.78, 5) is 34.4. The van der Waals surface area contributed by atoms with E-state index >= 15 is 9.59 Å². The van der Waals surface area contributed by atoms with Crippen LogP contribution in [0.4, 0.5) is 11.4 Å². The highest BCUT2D eigenvalue weighted by molar-refractivity contribution is 9.10. The largest absolute Gasteiger partial charge is 0.324 e. The molecule has 2 amide bonds. The van der Waals surface area contributed by atoms with Crippen LogP contribution in [0.2, 0.25) is 0 Å². The number of nitrogens with one attached hydrogen (secondary N) is 2. The molecule has 0 radical (unpaired) electrons. The van der Waals surface area contributed by atoms with Crippen molar-refractivity contribution in [2.45, 2.75) is 244 Å². The fourth-order valence-electron chi connectivity index (χ4n) is 9.12. The minimum atomic E-state index is -2.37. The number of nitrogens with two attached hydrogens (primary N) is 1. The molecule has 0 aliphatic rings. The number of alkyl halides is 1. The monoisotopic (exact) mass is 1000 g/mol. The van der Waals surface area contributed by atoms with Gasteiger partial charge in [0.2, 0.25) is 16.0 Å². The third-order valence-corrected chi connectivity index (χ3v) is 14.8. The Morgan fingerprint density at radius 1 is 0.515 bits per heavy atom. The van der Waals surface area contributed by atoms with Crippen LogP contribution in [-0.2, 0) is 32.5 Å². The van der Waals surface area contributed by atoms with Crippen LogP contribution in [0.1, 0.15) is 255 Å².